The molecule has 1 aliphatic heterocycles. The Morgan fingerprint density at radius 2 is 1.70 bits per heavy atom. The molecule has 0 N–H and O–H groups in total. The van der Waals surface area contributed by atoms with Gasteiger partial charge >= 0.3 is 7.12 Å². The molecule has 1 saturated carbocycles. The molecule has 108 valence electrons. The smallest absolute Gasteiger partial charge is 0.399 e. The van der Waals surface area contributed by atoms with Gasteiger partial charge in [-0.25, -0.2) is 0 Å². The first-order chi connectivity index (χ1) is 9.28. The zero-order valence-corrected chi connectivity index (χ0v) is 13.3. The lowest BCUT2D eigenvalue weighted by molar-refractivity contribution is 0.00578. The molecule has 0 amide bonds. The van der Waals surface area contributed by atoms with E-state index in [0.29, 0.717) is 0 Å². The number of hydrogen-bond donors (Lipinski definition) is 0. The van der Waals surface area contributed by atoms with E-state index in [1.165, 1.54) is 35.9 Å². The average Bonchev–Trinajstić information content (AvgIpc) is 3.10. The van der Waals surface area contributed by atoms with Gasteiger partial charge < -0.3 is 9.31 Å². The van der Waals surface area contributed by atoms with Crippen LogP contribution in [0.5, 0.6) is 0 Å². The fourth-order valence-corrected chi connectivity index (χ4v) is 2.70. The molecule has 1 aliphatic carbocycles. The molecule has 1 aromatic rings. The van der Waals surface area contributed by atoms with Crippen molar-refractivity contribution < 1.29 is 9.31 Å². The number of rotatable bonds is 3. The summed E-state index contributed by atoms with van der Waals surface area (Å²) >= 11 is 0. The second kappa shape index (κ2) is 4.61. The Kier molecular flexibility index (Phi) is 3.26. The highest BCUT2D eigenvalue weighted by Crippen LogP contribution is 2.37. The Labute approximate surface area is 123 Å². The van der Waals surface area contributed by atoms with Gasteiger partial charge in [0.2, 0.25) is 0 Å². The van der Waals surface area contributed by atoms with Gasteiger partial charge in [-0.1, -0.05) is 23.8 Å². The van der Waals surface area contributed by atoms with E-state index in [-0.39, 0.29) is 18.3 Å². The Hall–Kier alpha value is -0.795. The molecule has 0 aromatic heterocycles. The second-order valence-corrected chi connectivity index (χ2v) is 7.43. The molecule has 2 nitrogen and oxygen atoms in total. The molecular weight excluding hydrogens is 247 g/mol. The first kappa shape index (κ1) is 14.2. The van der Waals surface area contributed by atoms with E-state index in [4.69, 9.17) is 9.31 Å². The first-order valence-electron chi connectivity index (χ1n) is 7.73. The van der Waals surface area contributed by atoms with Crippen molar-refractivity contribution >= 4 is 12.6 Å². The van der Waals surface area contributed by atoms with Crippen molar-refractivity contribution in [1.82, 2.24) is 0 Å². The summed E-state index contributed by atoms with van der Waals surface area (Å²) in [6, 6.07) is 6.75. The zero-order chi connectivity index (χ0) is 14.5. The maximum atomic E-state index is 6.18. The normalized spacial score (nSPS) is 24.1. The van der Waals surface area contributed by atoms with Crippen molar-refractivity contribution in [3.8, 4) is 0 Å². The van der Waals surface area contributed by atoms with Crippen molar-refractivity contribution in [3.63, 3.8) is 0 Å². The molecule has 3 heteroatoms. The molecule has 0 unspecified atom stereocenters. The van der Waals surface area contributed by atoms with Gasteiger partial charge in [-0.05, 0) is 70.8 Å². The van der Waals surface area contributed by atoms with E-state index in [1.54, 1.807) is 0 Å². The topological polar surface area (TPSA) is 18.5 Å². The van der Waals surface area contributed by atoms with Crippen LogP contribution in [-0.2, 0) is 15.7 Å². The Bertz CT molecular complexity index is 502. The number of aryl methyl sites for hydroxylation is 1. The van der Waals surface area contributed by atoms with Crippen molar-refractivity contribution in [2.24, 2.45) is 5.92 Å². The summed E-state index contributed by atoms with van der Waals surface area (Å²) in [6.45, 7) is 10.6. The predicted octanol–water partition coefficient (Wildman–Crippen LogP) is 3.25. The van der Waals surface area contributed by atoms with Crippen LogP contribution in [0.15, 0.2) is 18.2 Å². The largest absolute Gasteiger partial charge is 0.495 e. The van der Waals surface area contributed by atoms with Crippen LogP contribution >= 0.6 is 0 Å². The summed E-state index contributed by atoms with van der Waals surface area (Å²) in [5.74, 6) is 0.906. The minimum atomic E-state index is -0.267. The second-order valence-electron chi connectivity index (χ2n) is 7.43. The van der Waals surface area contributed by atoms with E-state index in [1.807, 2.05) is 0 Å². The van der Waals surface area contributed by atoms with Crippen molar-refractivity contribution in [2.75, 3.05) is 0 Å². The molecular formula is C17H25BO2. The fourth-order valence-electron chi connectivity index (χ4n) is 2.70. The molecule has 1 heterocycles. The third-order valence-corrected chi connectivity index (χ3v) is 5.07. The highest BCUT2D eigenvalue weighted by molar-refractivity contribution is 6.62. The van der Waals surface area contributed by atoms with Crippen molar-refractivity contribution in [1.29, 1.82) is 0 Å². The minimum Gasteiger partial charge on any atom is -0.399 e. The summed E-state index contributed by atoms with van der Waals surface area (Å²) in [7, 11) is -0.237. The summed E-state index contributed by atoms with van der Waals surface area (Å²) in [4.78, 5) is 0. The summed E-state index contributed by atoms with van der Waals surface area (Å²) in [5.41, 5.74) is 3.33. The molecule has 1 saturated heterocycles. The fraction of sp³-hybridized carbons (Fsp3) is 0.647. The summed E-state index contributed by atoms with van der Waals surface area (Å²) in [5, 5.41) is 0. The zero-order valence-electron chi connectivity index (χ0n) is 13.3. The lowest BCUT2D eigenvalue weighted by Crippen LogP contribution is -2.41. The predicted molar refractivity (Wildman–Crippen MR) is 83.3 cm³/mol. The Morgan fingerprint density at radius 1 is 1.10 bits per heavy atom. The van der Waals surface area contributed by atoms with Gasteiger partial charge in [0.25, 0.3) is 0 Å². The van der Waals surface area contributed by atoms with E-state index in [0.717, 1.165) is 5.92 Å². The lowest BCUT2D eigenvalue weighted by Gasteiger charge is -2.32. The third-order valence-electron chi connectivity index (χ3n) is 5.07. The van der Waals surface area contributed by atoms with Crippen LogP contribution in [0, 0.1) is 12.8 Å². The average molecular weight is 272 g/mol. The van der Waals surface area contributed by atoms with Gasteiger partial charge in [0.05, 0.1) is 11.2 Å². The first-order valence-corrected chi connectivity index (χ1v) is 7.73. The highest BCUT2D eigenvalue weighted by atomic mass is 16.7. The van der Waals surface area contributed by atoms with Gasteiger partial charge in [-0.2, -0.15) is 0 Å². The lowest BCUT2D eigenvalue weighted by atomic mass is 9.75. The van der Waals surface area contributed by atoms with Gasteiger partial charge in [0.15, 0.2) is 0 Å². The SMILES string of the molecule is Cc1ccc(CC2CC2)cc1B1OC(C)(C)C(C)(C)O1. The maximum absolute atomic E-state index is 6.18. The molecule has 0 bridgehead atoms. The van der Waals surface area contributed by atoms with Crippen LogP contribution in [0.25, 0.3) is 0 Å². The van der Waals surface area contributed by atoms with Crippen molar-refractivity contribution in [2.45, 2.75) is 65.1 Å². The van der Waals surface area contributed by atoms with Crippen LogP contribution in [0.4, 0.5) is 0 Å². The van der Waals surface area contributed by atoms with Gasteiger partial charge in [-0.15, -0.1) is 0 Å². The quantitative estimate of drug-likeness (QED) is 0.786. The molecule has 2 aliphatic rings. The van der Waals surface area contributed by atoms with Gasteiger partial charge in [-0.3, -0.25) is 0 Å². The van der Waals surface area contributed by atoms with Gasteiger partial charge in [0, 0.05) is 0 Å². The molecule has 2 fully saturated rings. The molecule has 0 atom stereocenters. The monoisotopic (exact) mass is 272 g/mol. The molecule has 20 heavy (non-hydrogen) atoms. The van der Waals surface area contributed by atoms with Crippen LogP contribution in [0.3, 0.4) is 0 Å². The maximum Gasteiger partial charge on any atom is 0.495 e. The summed E-state index contributed by atoms with van der Waals surface area (Å²) < 4.78 is 12.4. The van der Waals surface area contributed by atoms with E-state index in [9.17, 15) is 0 Å². The van der Waals surface area contributed by atoms with Gasteiger partial charge in [0.1, 0.15) is 0 Å². The highest BCUT2D eigenvalue weighted by Gasteiger charge is 2.52. The van der Waals surface area contributed by atoms with Crippen LogP contribution < -0.4 is 5.46 Å². The van der Waals surface area contributed by atoms with E-state index in [2.05, 4.69) is 52.8 Å². The molecule has 3 rings (SSSR count). The van der Waals surface area contributed by atoms with Crippen molar-refractivity contribution in [3.05, 3.63) is 29.3 Å². The van der Waals surface area contributed by atoms with Crippen LogP contribution in [0.2, 0.25) is 0 Å². The van der Waals surface area contributed by atoms with E-state index < -0.39 is 0 Å². The molecule has 0 radical (unpaired) electrons. The third kappa shape index (κ3) is 2.54. The molecule has 0 spiro atoms. The molecule has 1 aromatic carbocycles. The van der Waals surface area contributed by atoms with Crippen LogP contribution in [0.1, 0.15) is 51.7 Å². The Balaban J connectivity index is 1.86. The van der Waals surface area contributed by atoms with Crippen LogP contribution in [-0.4, -0.2) is 18.3 Å². The summed E-state index contributed by atoms with van der Waals surface area (Å²) in [6.07, 6.45) is 3.98. The number of benzene rings is 1. The Morgan fingerprint density at radius 3 is 2.25 bits per heavy atom. The standard InChI is InChI=1S/C17H25BO2/c1-12-6-7-14(10-13-8-9-13)11-15(12)18-19-16(2,3)17(4,5)20-18/h6-7,11,13H,8-10H2,1-5H3. The number of hydrogen-bond acceptors (Lipinski definition) is 2. The minimum absolute atomic E-state index is 0.237. The van der Waals surface area contributed by atoms with E-state index >= 15 is 0 Å².